The van der Waals surface area contributed by atoms with Crippen molar-refractivity contribution in [2.24, 2.45) is 0 Å². The van der Waals surface area contributed by atoms with E-state index in [1.165, 1.54) is 10.5 Å². The number of hydrogen-bond donors (Lipinski definition) is 0. The van der Waals surface area contributed by atoms with Gasteiger partial charge in [-0.1, -0.05) is 54.3 Å². The predicted octanol–water partition coefficient (Wildman–Crippen LogP) is 4.18. The van der Waals surface area contributed by atoms with E-state index in [1.54, 1.807) is 11.8 Å². The molecule has 1 heteroatoms. The fourth-order valence-electron chi connectivity index (χ4n) is 1.26. The van der Waals surface area contributed by atoms with Gasteiger partial charge in [0.15, 0.2) is 0 Å². The number of benzene rings is 1. The van der Waals surface area contributed by atoms with Gasteiger partial charge in [0.1, 0.15) is 0 Å². The van der Waals surface area contributed by atoms with E-state index in [2.05, 4.69) is 54.0 Å². The molecule has 0 radical (unpaired) electrons. The second-order valence-electron chi connectivity index (χ2n) is 3.12. The highest BCUT2D eigenvalue weighted by Gasteiger charge is 1.94. The van der Waals surface area contributed by atoms with Gasteiger partial charge in [0.2, 0.25) is 0 Å². The number of allylic oxidation sites excluding steroid dienone is 5. The Bertz CT molecular complexity index is 371. The van der Waals surface area contributed by atoms with Crippen molar-refractivity contribution in [1.82, 2.24) is 0 Å². The summed E-state index contributed by atoms with van der Waals surface area (Å²) in [5.41, 5.74) is 1.38. The summed E-state index contributed by atoms with van der Waals surface area (Å²) < 4.78 is 0. The summed E-state index contributed by atoms with van der Waals surface area (Å²) in [4.78, 5) is 1.29. The summed E-state index contributed by atoms with van der Waals surface area (Å²) in [6.45, 7) is 0. The first-order valence-corrected chi connectivity index (χ1v) is 5.57. The summed E-state index contributed by atoms with van der Waals surface area (Å²) in [6, 6.07) is 10.4. The van der Waals surface area contributed by atoms with Crippen LogP contribution in [0.4, 0.5) is 0 Å². The Labute approximate surface area is 89.0 Å². The Balaban J connectivity index is 2.00. The molecule has 0 spiro atoms. The highest BCUT2D eigenvalue weighted by molar-refractivity contribution is 8.02. The van der Waals surface area contributed by atoms with Crippen molar-refractivity contribution in [3.8, 4) is 0 Å². The van der Waals surface area contributed by atoms with Crippen molar-refractivity contribution >= 4 is 11.8 Å². The molecule has 0 unspecified atom stereocenters. The largest absolute Gasteiger partial charge is 0.0978 e. The van der Waals surface area contributed by atoms with Crippen LogP contribution in [0.15, 0.2) is 70.5 Å². The molecule has 1 aromatic rings. The smallest absolute Gasteiger partial charge is 0.0116 e. The SMILES string of the molecule is C1=CC/C(=C\Sc2ccccc2)C=C1. The monoisotopic (exact) mass is 200 g/mol. The first-order chi connectivity index (χ1) is 6.95. The molecule has 0 N–H and O–H groups in total. The predicted molar refractivity (Wildman–Crippen MR) is 63.3 cm³/mol. The summed E-state index contributed by atoms with van der Waals surface area (Å²) >= 11 is 1.78. The van der Waals surface area contributed by atoms with E-state index in [9.17, 15) is 0 Å². The van der Waals surface area contributed by atoms with Crippen LogP contribution in [0.2, 0.25) is 0 Å². The zero-order valence-corrected chi connectivity index (χ0v) is 8.71. The summed E-state index contributed by atoms with van der Waals surface area (Å²) in [6.07, 6.45) is 9.56. The quantitative estimate of drug-likeness (QED) is 0.645. The second kappa shape index (κ2) is 4.87. The topological polar surface area (TPSA) is 0 Å². The van der Waals surface area contributed by atoms with Crippen LogP contribution in [0.1, 0.15) is 6.42 Å². The van der Waals surface area contributed by atoms with E-state index in [0.717, 1.165) is 6.42 Å². The van der Waals surface area contributed by atoms with Crippen molar-refractivity contribution < 1.29 is 0 Å². The Hall–Kier alpha value is -1.21. The van der Waals surface area contributed by atoms with E-state index < -0.39 is 0 Å². The average molecular weight is 200 g/mol. The van der Waals surface area contributed by atoms with Gasteiger partial charge in [-0.05, 0) is 29.5 Å². The lowest BCUT2D eigenvalue weighted by Crippen LogP contribution is -1.78. The van der Waals surface area contributed by atoms with Crippen molar-refractivity contribution in [3.63, 3.8) is 0 Å². The molecule has 0 bridgehead atoms. The fraction of sp³-hybridized carbons (Fsp3) is 0.0769. The molecular formula is C13H12S. The minimum atomic E-state index is 1.05. The maximum atomic E-state index is 2.22. The molecule has 1 aliphatic carbocycles. The van der Waals surface area contributed by atoms with Crippen LogP contribution in [0.3, 0.4) is 0 Å². The van der Waals surface area contributed by atoms with Gasteiger partial charge >= 0.3 is 0 Å². The van der Waals surface area contributed by atoms with Crippen LogP contribution in [-0.4, -0.2) is 0 Å². The fourth-order valence-corrected chi connectivity index (χ4v) is 2.04. The molecule has 0 aromatic heterocycles. The Kier molecular flexibility index (Phi) is 3.25. The highest BCUT2D eigenvalue weighted by Crippen LogP contribution is 2.22. The molecule has 0 aliphatic heterocycles. The van der Waals surface area contributed by atoms with E-state index >= 15 is 0 Å². The normalized spacial score (nSPS) is 17.6. The third-order valence-electron chi connectivity index (χ3n) is 2.00. The van der Waals surface area contributed by atoms with Gasteiger partial charge in [-0.3, -0.25) is 0 Å². The molecule has 14 heavy (non-hydrogen) atoms. The molecule has 1 aromatic carbocycles. The molecule has 2 rings (SSSR count). The average Bonchev–Trinajstić information content (AvgIpc) is 2.29. The highest BCUT2D eigenvalue weighted by atomic mass is 32.2. The minimum absolute atomic E-state index is 1.05. The lowest BCUT2D eigenvalue weighted by molar-refractivity contribution is 1.27. The van der Waals surface area contributed by atoms with E-state index in [0.29, 0.717) is 0 Å². The van der Waals surface area contributed by atoms with Crippen LogP contribution >= 0.6 is 11.8 Å². The number of hydrogen-bond acceptors (Lipinski definition) is 1. The van der Waals surface area contributed by atoms with Crippen LogP contribution in [0.5, 0.6) is 0 Å². The van der Waals surface area contributed by atoms with E-state index in [1.807, 2.05) is 6.07 Å². The van der Waals surface area contributed by atoms with Gasteiger partial charge in [-0.15, -0.1) is 0 Å². The van der Waals surface area contributed by atoms with Gasteiger partial charge in [-0.2, -0.15) is 0 Å². The Morgan fingerprint density at radius 3 is 2.64 bits per heavy atom. The van der Waals surface area contributed by atoms with Crippen molar-refractivity contribution in [3.05, 3.63) is 65.6 Å². The van der Waals surface area contributed by atoms with Crippen molar-refractivity contribution in [2.45, 2.75) is 11.3 Å². The molecule has 0 saturated carbocycles. The summed E-state index contributed by atoms with van der Waals surface area (Å²) in [5, 5.41) is 2.22. The molecule has 0 saturated heterocycles. The molecule has 0 nitrogen and oxygen atoms in total. The minimum Gasteiger partial charge on any atom is -0.0978 e. The van der Waals surface area contributed by atoms with Crippen molar-refractivity contribution in [2.75, 3.05) is 0 Å². The molecule has 0 amide bonds. The number of rotatable bonds is 2. The second-order valence-corrected chi connectivity index (χ2v) is 4.06. The van der Waals surface area contributed by atoms with Crippen LogP contribution < -0.4 is 0 Å². The van der Waals surface area contributed by atoms with Gasteiger partial charge in [0.05, 0.1) is 0 Å². The lowest BCUT2D eigenvalue weighted by atomic mass is 10.1. The van der Waals surface area contributed by atoms with Gasteiger partial charge in [0.25, 0.3) is 0 Å². The van der Waals surface area contributed by atoms with Crippen LogP contribution in [0.25, 0.3) is 0 Å². The molecule has 0 fully saturated rings. The maximum absolute atomic E-state index is 2.22. The molecule has 0 atom stereocenters. The summed E-state index contributed by atoms with van der Waals surface area (Å²) in [7, 11) is 0. The number of thioether (sulfide) groups is 1. The Morgan fingerprint density at radius 2 is 1.93 bits per heavy atom. The van der Waals surface area contributed by atoms with Crippen LogP contribution in [0, 0.1) is 0 Å². The van der Waals surface area contributed by atoms with Gasteiger partial charge < -0.3 is 0 Å². The maximum Gasteiger partial charge on any atom is 0.0116 e. The zero-order valence-electron chi connectivity index (χ0n) is 7.89. The molecular weight excluding hydrogens is 188 g/mol. The first kappa shape index (κ1) is 9.35. The lowest BCUT2D eigenvalue weighted by Gasteiger charge is -2.01. The first-order valence-electron chi connectivity index (χ1n) is 4.69. The van der Waals surface area contributed by atoms with Crippen LogP contribution in [-0.2, 0) is 0 Å². The van der Waals surface area contributed by atoms with Gasteiger partial charge in [0, 0.05) is 4.90 Å². The zero-order chi connectivity index (χ0) is 9.64. The molecule has 0 heterocycles. The third-order valence-corrected chi connectivity index (χ3v) is 2.97. The Morgan fingerprint density at radius 1 is 1.07 bits per heavy atom. The van der Waals surface area contributed by atoms with Crippen molar-refractivity contribution in [1.29, 1.82) is 0 Å². The van der Waals surface area contributed by atoms with Gasteiger partial charge in [-0.25, -0.2) is 0 Å². The standard InChI is InChI=1S/C13H12S/c1-3-7-12(8-4-1)11-14-13-9-5-2-6-10-13/h1-7,9-11H,8H2/b12-11-. The van der Waals surface area contributed by atoms with E-state index in [4.69, 9.17) is 0 Å². The molecule has 70 valence electrons. The third kappa shape index (κ3) is 2.64. The summed E-state index contributed by atoms with van der Waals surface area (Å²) in [5.74, 6) is 0. The van der Waals surface area contributed by atoms with E-state index in [-0.39, 0.29) is 0 Å². The molecule has 1 aliphatic rings.